The summed E-state index contributed by atoms with van der Waals surface area (Å²) in [6.07, 6.45) is 7.92. The lowest BCUT2D eigenvalue weighted by Gasteiger charge is -2.51. The summed E-state index contributed by atoms with van der Waals surface area (Å²) in [4.78, 5) is 25.1. The van der Waals surface area contributed by atoms with Gasteiger partial charge in [-0.25, -0.2) is 9.97 Å². The molecular weight excluding hydrogens is 478 g/mol. The fourth-order valence-electron chi connectivity index (χ4n) is 5.47. The number of carbonyl (C=O) groups is 1. The lowest BCUT2D eigenvalue weighted by atomic mass is 9.57. The Bertz CT molecular complexity index is 1410. The van der Waals surface area contributed by atoms with Gasteiger partial charge in [-0.05, 0) is 56.7 Å². The monoisotopic (exact) mass is 503 g/mol. The fourth-order valence-corrected chi connectivity index (χ4v) is 5.66. The Balaban J connectivity index is 1.16. The van der Waals surface area contributed by atoms with E-state index < -0.39 is 0 Å². The molecule has 4 heterocycles. The zero-order chi connectivity index (χ0) is 24.8. The van der Waals surface area contributed by atoms with Crippen LogP contribution in [-0.4, -0.2) is 40.1 Å². The number of hydrogen-bond donors (Lipinski definition) is 2. The maximum atomic E-state index is 11.6. The van der Waals surface area contributed by atoms with Crippen LogP contribution in [0.5, 0.6) is 11.6 Å². The maximum absolute atomic E-state index is 11.6. The van der Waals surface area contributed by atoms with Gasteiger partial charge < -0.3 is 20.1 Å². The molecule has 7 rings (SSSR count). The number of halogens is 1. The Morgan fingerprint density at radius 3 is 2.72 bits per heavy atom. The maximum Gasteiger partial charge on any atom is 0.263 e. The molecule has 4 aliphatic rings. The Morgan fingerprint density at radius 2 is 1.94 bits per heavy atom. The quantitative estimate of drug-likeness (QED) is 0.513. The van der Waals surface area contributed by atoms with Crippen LogP contribution in [0.1, 0.15) is 49.8 Å². The number of carbonyl (C=O) groups excluding carboxylic acids is 1. The number of methoxy groups -OCH3 is 1. The molecule has 8 nitrogen and oxygen atoms in total. The van der Waals surface area contributed by atoms with Crippen molar-refractivity contribution < 1.29 is 14.3 Å². The van der Waals surface area contributed by atoms with E-state index in [1.165, 1.54) is 0 Å². The largest absolute Gasteiger partial charge is 0.481 e. The van der Waals surface area contributed by atoms with Gasteiger partial charge in [-0.1, -0.05) is 23.4 Å². The standard InChI is InChI=1S/C27H26ClN5O3/c1-35-23-5-3-20-24(33-23)18(19(28)15-29-20)6-7-26-8-11-27(12-9-26,13-10-26)30-14-17-2-4-21-25(31-17)32-22(34)16-36-21/h2-5,15,30H,8-14,16H2,1H3,(H,31,32,34). The summed E-state index contributed by atoms with van der Waals surface area (Å²) < 4.78 is 10.7. The SMILES string of the molecule is COc1ccc2ncc(Cl)c(C#CC34CCC(NCc5ccc6c(n5)NC(=O)CO6)(CC3)CC4)c2n1. The van der Waals surface area contributed by atoms with E-state index in [1.807, 2.05) is 18.2 Å². The van der Waals surface area contributed by atoms with Gasteiger partial charge in [0.1, 0.15) is 5.52 Å². The van der Waals surface area contributed by atoms with E-state index in [4.69, 9.17) is 21.1 Å². The Kier molecular flexibility index (Phi) is 5.70. The highest BCUT2D eigenvalue weighted by Crippen LogP contribution is 2.52. The van der Waals surface area contributed by atoms with E-state index in [9.17, 15) is 4.79 Å². The van der Waals surface area contributed by atoms with Crippen molar-refractivity contribution in [1.82, 2.24) is 20.3 Å². The number of nitrogens with one attached hydrogen (secondary N) is 2. The van der Waals surface area contributed by atoms with Gasteiger partial charge in [0.25, 0.3) is 5.91 Å². The highest BCUT2D eigenvalue weighted by molar-refractivity contribution is 6.32. The molecule has 9 heteroatoms. The number of fused-ring (bicyclic) bond motifs is 5. The van der Waals surface area contributed by atoms with Crippen molar-refractivity contribution in [3.8, 4) is 23.5 Å². The first kappa shape index (κ1) is 23.0. The molecule has 0 saturated heterocycles. The zero-order valence-corrected chi connectivity index (χ0v) is 20.7. The first-order valence-corrected chi connectivity index (χ1v) is 12.5. The van der Waals surface area contributed by atoms with Crippen LogP contribution in [0, 0.1) is 17.3 Å². The van der Waals surface area contributed by atoms with Crippen molar-refractivity contribution in [2.24, 2.45) is 5.41 Å². The topological polar surface area (TPSA) is 98.3 Å². The Labute approximate surface area is 214 Å². The van der Waals surface area contributed by atoms with Crippen LogP contribution < -0.4 is 20.1 Å². The number of pyridine rings is 3. The van der Waals surface area contributed by atoms with Crippen molar-refractivity contribution in [1.29, 1.82) is 0 Å². The highest BCUT2D eigenvalue weighted by Gasteiger charge is 2.47. The molecule has 0 unspecified atom stereocenters. The zero-order valence-electron chi connectivity index (χ0n) is 20.0. The summed E-state index contributed by atoms with van der Waals surface area (Å²) in [6, 6.07) is 7.49. The second kappa shape index (κ2) is 8.91. The number of anilines is 1. The molecule has 3 aliphatic carbocycles. The van der Waals surface area contributed by atoms with Gasteiger partial charge in [0.2, 0.25) is 5.88 Å². The third kappa shape index (κ3) is 4.23. The lowest BCUT2D eigenvalue weighted by molar-refractivity contribution is -0.118. The van der Waals surface area contributed by atoms with Gasteiger partial charge in [-0.15, -0.1) is 0 Å². The van der Waals surface area contributed by atoms with Crippen molar-refractivity contribution in [3.63, 3.8) is 0 Å². The van der Waals surface area contributed by atoms with Gasteiger partial charge in [0.05, 0.1) is 28.9 Å². The van der Waals surface area contributed by atoms with E-state index in [2.05, 4.69) is 37.4 Å². The van der Waals surface area contributed by atoms with E-state index in [1.54, 1.807) is 19.4 Å². The van der Waals surface area contributed by atoms with Crippen LogP contribution in [0.25, 0.3) is 11.0 Å². The second-order valence-corrected chi connectivity index (χ2v) is 10.3. The molecule has 36 heavy (non-hydrogen) atoms. The third-order valence-electron chi connectivity index (χ3n) is 7.73. The minimum atomic E-state index is -0.174. The average molecular weight is 504 g/mol. The van der Waals surface area contributed by atoms with Crippen molar-refractivity contribution in [2.75, 3.05) is 19.0 Å². The van der Waals surface area contributed by atoms with E-state index >= 15 is 0 Å². The van der Waals surface area contributed by atoms with Crippen molar-refractivity contribution in [2.45, 2.75) is 50.6 Å². The van der Waals surface area contributed by atoms with Gasteiger partial charge >= 0.3 is 0 Å². The van der Waals surface area contributed by atoms with Crippen LogP contribution >= 0.6 is 11.6 Å². The normalized spacial score (nSPS) is 24.3. The molecule has 3 saturated carbocycles. The molecule has 3 aromatic rings. The fraction of sp³-hybridized carbons (Fsp3) is 0.407. The molecule has 0 atom stereocenters. The highest BCUT2D eigenvalue weighted by atomic mass is 35.5. The molecule has 0 radical (unpaired) electrons. The average Bonchev–Trinajstić information content (AvgIpc) is 2.92. The Hall–Kier alpha value is -3.41. The predicted molar refractivity (Wildman–Crippen MR) is 136 cm³/mol. The third-order valence-corrected chi connectivity index (χ3v) is 8.01. The van der Waals surface area contributed by atoms with E-state index in [0.717, 1.165) is 49.7 Å². The molecular formula is C27H26ClN5O3. The first-order chi connectivity index (χ1) is 17.5. The molecule has 0 aromatic carbocycles. The number of nitrogens with zero attached hydrogens (tertiary/aromatic N) is 3. The lowest BCUT2D eigenvalue weighted by Crippen LogP contribution is -2.54. The van der Waals surface area contributed by atoms with Crippen LogP contribution in [-0.2, 0) is 11.3 Å². The summed E-state index contributed by atoms with van der Waals surface area (Å²) >= 11 is 6.50. The van der Waals surface area contributed by atoms with Crippen LogP contribution in [0.3, 0.4) is 0 Å². The number of ether oxygens (including phenoxy) is 2. The molecule has 1 aliphatic heterocycles. The Morgan fingerprint density at radius 1 is 1.14 bits per heavy atom. The summed E-state index contributed by atoms with van der Waals surface area (Å²) in [5.41, 5.74) is 3.11. The summed E-state index contributed by atoms with van der Waals surface area (Å²) in [7, 11) is 1.59. The molecule has 184 valence electrons. The number of hydrogen-bond acceptors (Lipinski definition) is 7. The number of rotatable bonds is 4. The molecule has 2 N–H and O–H groups in total. The van der Waals surface area contributed by atoms with E-state index in [-0.39, 0.29) is 23.5 Å². The minimum Gasteiger partial charge on any atom is -0.481 e. The number of aromatic nitrogens is 3. The minimum absolute atomic E-state index is 0.00703. The molecule has 3 fully saturated rings. The summed E-state index contributed by atoms with van der Waals surface area (Å²) in [6.45, 7) is 0.683. The van der Waals surface area contributed by atoms with Gasteiger partial charge in [-0.3, -0.25) is 9.78 Å². The van der Waals surface area contributed by atoms with Crippen LogP contribution in [0.15, 0.2) is 30.5 Å². The molecule has 0 spiro atoms. The molecule has 3 aromatic heterocycles. The first-order valence-electron chi connectivity index (χ1n) is 12.2. The smallest absolute Gasteiger partial charge is 0.263 e. The summed E-state index contributed by atoms with van der Waals surface area (Å²) in [5, 5.41) is 7.07. The van der Waals surface area contributed by atoms with Gasteiger partial charge in [0.15, 0.2) is 18.2 Å². The van der Waals surface area contributed by atoms with Crippen LogP contribution in [0.4, 0.5) is 5.82 Å². The molecule has 2 bridgehead atoms. The van der Waals surface area contributed by atoms with Crippen molar-refractivity contribution >= 4 is 34.4 Å². The summed E-state index contributed by atoms with van der Waals surface area (Å²) in [5.74, 6) is 8.44. The van der Waals surface area contributed by atoms with Gasteiger partial charge in [0, 0.05) is 29.8 Å². The number of amides is 1. The second-order valence-electron chi connectivity index (χ2n) is 9.85. The predicted octanol–water partition coefficient (Wildman–Crippen LogP) is 4.25. The van der Waals surface area contributed by atoms with Crippen molar-refractivity contribution in [3.05, 3.63) is 46.7 Å². The van der Waals surface area contributed by atoms with Gasteiger partial charge in [-0.2, -0.15) is 0 Å². The molecule has 1 amide bonds. The van der Waals surface area contributed by atoms with E-state index in [0.29, 0.717) is 40.1 Å². The van der Waals surface area contributed by atoms with Crippen LogP contribution in [0.2, 0.25) is 5.02 Å².